The molecular formula is C18H25N5. The van der Waals surface area contributed by atoms with E-state index in [1.807, 2.05) is 25.2 Å². The SMILES string of the molecule is CC1CCCN(c2ncnc(N(C)Cc3ccccc3)c2N)C1. The Morgan fingerprint density at radius 3 is 2.78 bits per heavy atom. The number of piperidine rings is 1. The zero-order chi connectivity index (χ0) is 16.2. The van der Waals surface area contributed by atoms with Gasteiger partial charge in [0.15, 0.2) is 11.6 Å². The second-order valence-electron chi connectivity index (χ2n) is 6.47. The largest absolute Gasteiger partial charge is 0.393 e. The predicted octanol–water partition coefficient (Wildman–Crippen LogP) is 2.93. The number of aromatic nitrogens is 2. The Kier molecular flexibility index (Phi) is 4.65. The van der Waals surface area contributed by atoms with Crippen LogP contribution >= 0.6 is 0 Å². The van der Waals surface area contributed by atoms with Gasteiger partial charge in [0.25, 0.3) is 0 Å². The van der Waals surface area contributed by atoms with Gasteiger partial charge in [0.05, 0.1) is 0 Å². The van der Waals surface area contributed by atoms with E-state index in [0.717, 1.165) is 31.3 Å². The molecule has 122 valence electrons. The van der Waals surface area contributed by atoms with Crippen LogP contribution in [0.5, 0.6) is 0 Å². The molecule has 2 heterocycles. The topological polar surface area (TPSA) is 58.3 Å². The molecule has 1 aromatic carbocycles. The molecule has 1 fully saturated rings. The summed E-state index contributed by atoms with van der Waals surface area (Å²) in [6.45, 7) is 5.10. The molecule has 1 unspecified atom stereocenters. The molecule has 1 aliphatic heterocycles. The molecule has 3 rings (SSSR count). The van der Waals surface area contributed by atoms with Crippen molar-refractivity contribution in [1.82, 2.24) is 9.97 Å². The average Bonchev–Trinajstić information content (AvgIpc) is 2.56. The monoisotopic (exact) mass is 311 g/mol. The smallest absolute Gasteiger partial charge is 0.157 e. The standard InChI is InChI=1S/C18H25N5/c1-14-7-6-10-23(11-14)18-16(19)17(20-13-21-18)22(2)12-15-8-4-3-5-9-15/h3-5,8-9,13-14H,6-7,10-12,19H2,1-2H3. The third-order valence-electron chi connectivity index (χ3n) is 4.42. The van der Waals surface area contributed by atoms with Crippen LogP contribution in [0.25, 0.3) is 0 Å². The van der Waals surface area contributed by atoms with E-state index in [1.54, 1.807) is 6.33 Å². The van der Waals surface area contributed by atoms with Crippen molar-refractivity contribution < 1.29 is 0 Å². The minimum atomic E-state index is 0.681. The molecule has 23 heavy (non-hydrogen) atoms. The van der Waals surface area contributed by atoms with Gasteiger partial charge in [0.1, 0.15) is 12.0 Å². The van der Waals surface area contributed by atoms with Gasteiger partial charge in [-0.1, -0.05) is 37.3 Å². The molecule has 0 aliphatic carbocycles. The van der Waals surface area contributed by atoms with Crippen molar-refractivity contribution in [3.05, 3.63) is 42.2 Å². The maximum absolute atomic E-state index is 6.41. The van der Waals surface area contributed by atoms with Gasteiger partial charge in [-0.05, 0) is 24.3 Å². The van der Waals surface area contributed by atoms with Crippen molar-refractivity contribution in [3.8, 4) is 0 Å². The lowest BCUT2D eigenvalue weighted by molar-refractivity contribution is 0.445. The van der Waals surface area contributed by atoms with Gasteiger partial charge >= 0.3 is 0 Å². The van der Waals surface area contributed by atoms with Gasteiger partial charge in [-0.25, -0.2) is 9.97 Å². The number of hydrogen-bond acceptors (Lipinski definition) is 5. The lowest BCUT2D eigenvalue weighted by Crippen LogP contribution is -2.35. The highest BCUT2D eigenvalue weighted by Crippen LogP contribution is 2.31. The van der Waals surface area contributed by atoms with Gasteiger partial charge in [-0.3, -0.25) is 0 Å². The number of anilines is 3. The third kappa shape index (κ3) is 3.55. The van der Waals surface area contributed by atoms with E-state index in [4.69, 9.17) is 5.73 Å². The van der Waals surface area contributed by atoms with Crippen LogP contribution in [0.2, 0.25) is 0 Å². The molecule has 1 aromatic heterocycles. The van der Waals surface area contributed by atoms with Crippen molar-refractivity contribution in [2.24, 2.45) is 5.92 Å². The van der Waals surface area contributed by atoms with E-state index < -0.39 is 0 Å². The summed E-state index contributed by atoms with van der Waals surface area (Å²) in [5.74, 6) is 2.36. The van der Waals surface area contributed by atoms with Crippen LogP contribution in [0.15, 0.2) is 36.7 Å². The predicted molar refractivity (Wildman–Crippen MR) is 95.6 cm³/mol. The summed E-state index contributed by atoms with van der Waals surface area (Å²) in [4.78, 5) is 13.2. The molecule has 5 heteroatoms. The summed E-state index contributed by atoms with van der Waals surface area (Å²) in [6, 6.07) is 10.3. The van der Waals surface area contributed by atoms with Gasteiger partial charge in [-0.15, -0.1) is 0 Å². The first-order valence-corrected chi connectivity index (χ1v) is 8.25. The highest BCUT2D eigenvalue weighted by atomic mass is 15.2. The second-order valence-corrected chi connectivity index (χ2v) is 6.47. The van der Waals surface area contributed by atoms with Gasteiger partial charge in [-0.2, -0.15) is 0 Å². The van der Waals surface area contributed by atoms with Crippen molar-refractivity contribution in [2.75, 3.05) is 35.7 Å². The third-order valence-corrected chi connectivity index (χ3v) is 4.42. The van der Waals surface area contributed by atoms with E-state index in [2.05, 4.69) is 38.8 Å². The first-order chi connectivity index (χ1) is 11.1. The van der Waals surface area contributed by atoms with Crippen molar-refractivity contribution in [2.45, 2.75) is 26.3 Å². The summed E-state index contributed by atoms with van der Waals surface area (Å²) in [6.07, 6.45) is 4.10. The molecule has 0 bridgehead atoms. The van der Waals surface area contributed by atoms with E-state index in [9.17, 15) is 0 Å². The van der Waals surface area contributed by atoms with Gasteiger partial charge in [0, 0.05) is 26.7 Å². The Labute approximate surface area is 138 Å². The van der Waals surface area contributed by atoms with Gasteiger partial charge < -0.3 is 15.5 Å². The molecule has 2 aromatic rings. The molecular weight excluding hydrogens is 286 g/mol. The lowest BCUT2D eigenvalue weighted by Gasteiger charge is -2.33. The number of nitrogens with zero attached hydrogens (tertiary/aromatic N) is 4. The normalized spacial score (nSPS) is 18.0. The van der Waals surface area contributed by atoms with Crippen LogP contribution in [0.4, 0.5) is 17.3 Å². The highest BCUT2D eigenvalue weighted by molar-refractivity contribution is 5.75. The molecule has 0 saturated carbocycles. The summed E-state index contributed by atoms with van der Waals surface area (Å²) < 4.78 is 0. The second kappa shape index (κ2) is 6.86. The molecule has 1 saturated heterocycles. The molecule has 1 aliphatic rings. The number of nitrogen functional groups attached to an aromatic ring is 1. The van der Waals surface area contributed by atoms with E-state index in [1.165, 1.54) is 18.4 Å². The quantitative estimate of drug-likeness (QED) is 0.941. The summed E-state index contributed by atoms with van der Waals surface area (Å²) in [5, 5.41) is 0. The fourth-order valence-electron chi connectivity index (χ4n) is 3.25. The minimum absolute atomic E-state index is 0.681. The Hall–Kier alpha value is -2.30. The highest BCUT2D eigenvalue weighted by Gasteiger charge is 2.22. The van der Waals surface area contributed by atoms with Crippen LogP contribution in [0.3, 0.4) is 0 Å². The zero-order valence-corrected chi connectivity index (χ0v) is 13.9. The average molecular weight is 311 g/mol. The summed E-state index contributed by atoms with van der Waals surface area (Å²) >= 11 is 0. The van der Waals surface area contributed by atoms with E-state index in [-0.39, 0.29) is 0 Å². The molecule has 2 N–H and O–H groups in total. The fraction of sp³-hybridized carbons (Fsp3) is 0.444. The Morgan fingerprint density at radius 2 is 2.04 bits per heavy atom. The van der Waals surface area contributed by atoms with Crippen LogP contribution in [-0.4, -0.2) is 30.1 Å². The molecule has 1 atom stereocenters. The number of hydrogen-bond donors (Lipinski definition) is 1. The molecule has 0 radical (unpaired) electrons. The van der Waals surface area contributed by atoms with Crippen LogP contribution in [0, 0.1) is 5.92 Å². The summed E-state index contributed by atoms with van der Waals surface area (Å²) in [7, 11) is 2.02. The first kappa shape index (κ1) is 15.6. The molecule has 5 nitrogen and oxygen atoms in total. The van der Waals surface area contributed by atoms with Gasteiger partial charge in [0.2, 0.25) is 0 Å². The fourth-order valence-corrected chi connectivity index (χ4v) is 3.25. The van der Waals surface area contributed by atoms with Crippen LogP contribution in [0.1, 0.15) is 25.3 Å². The van der Waals surface area contributed by atoms with Crippen molar-refractivity contribution in [1.29, 1.82) is 0 Å². The van der Waals surface area contributed by atoms with E-state index in [0.29, 0.717) is 11.6 Å². The maximum Gasteiger partial charge on any atom is 0.157 e. The Balaban J connectivity index is 1.81. The zero-order valence-electron chi connectivity index (χ0n) is 13.9. The summed E-state index contributed by atoms with van der Waals surface area (Å²) in [5.41, 5.74) is 8.32. The number of nitrogens with two attached hydrogens (primary N) is 1. The number of benzene rings is 1. The van der Waals surface area contributed by atoms with Crippen LogP contribution in [-0.2, 0) is 6.54 Å². The molecule has 0 amide bonds. The first-order valence-electron chi connectivity index (χ1n) is 8.25. The van der Waals surface area contributed by atoms with Crippen molar-refractivity contribution >= 4 is 17.3 Å². The van der Waals surface area contributed by atoms with Crippen molar-refractivity contribution in [3.63, 3.8) is 0 Å². The van der Waals surface area contributed by atoms with Crippen LogP contribution < -0.4 is 15.5 Å². The molecule has 0 spiro atoms. The Morgan fingerprint density at radius 1 is 1.26 bits per heavy atom. The number of rotatable bonds is 4. The lowest BCUT2D eigenvalue weighted by atomic mass is 10.0. The Bertz CT molecular complexity index is 643. The van der Waals surface area contributed by atoms with E-state index >= 15 is 0 Å². The maximum atomic E-state index is 6.41. The minimum Gasteiger partial charge on any atom is -0.393 e.